The van der Waals surface area contributed by atoms with Crippen LogP contribution in [0.25, 0.3) is 0 Å². The van der Waals surface area contributed by atoms with Crippen LogP contribution >= 0.6 is 0 Å². The summed E-state index contributed by atoms with van der Waals surface area (Å²) in [6, 6.07) is 17.8. The lowest BCUT2D eigenvalue weighted by molar-refractivity contribution is -0.115. The van der Waals surface area contributed by atoms with E-state index in [1.165, 1.54) is 5.56 Å². The molecular weight excluding hydrogens is 314 g/mol. The van der Waals surface area contributed by atoms with Gasteiger partial charge in [-0.1, -0.05) is 42.5 Å². The highest BCUT2D eigenvalue weighted by Gasteiger charge is 2.09. The van der Waals surface area contributed by atoms with Gasteiger partial charge in [0.25, 0.3) is 0 Å². The number of benzene rings is 2. The fourth-order valence-corrected chi connectivity index (χ4v) is 2.64. The molecule has 0 aliphatic heterocycles. The maximum absolute atomic E-state index is 12.3. The quantitative estimate of drug-likeness (QED) is 0.721. The zero-order valence-corrected chi connectivity index (χ0v) is 14.2. The van der Waals surface area contributed by atoms with Gasteiger partial charge in [-0.3, -0.25) is 4.79 Å². The molecule has 0 fully saturated rings. The maximum Gasteiger partial charge on any atom is 0.230 e. The molecule has 1 heterocycles. The van der Waals surface area contributed by atoms with E-state index < -0.39 is 0 Å². The highest BCUT2D eigenvalue weighted by Crippen LogP contribution is 2.12. The Labute approximate surface area is 147 Å². The summed E-state index contributed by atoms with van der Waals surface area (Å²) in [6.07, 6.45) is 3.78. The molecule has 5 heteroatoms. The molecule has 1 amide bonds. The second-order valence-electron chi connectivity index (χ2n) is 5.85. The molecule has 25 heavy (non-hydrogen) atoms. The molecule has 0 saturated heterocycles. The molecule has 0 bridgehead atoms. The molecule has 1 aromatic heterocycles. The number of carbonyl (C=O) groups excluding carboxylic acids is 1. The zero-order chi connectivity index (χ0) is 17.5. The lowest BCUT2D eigenvalue weighted by atomic mass is 10.2. The predicted molar refractivity (Wildman–Crippen MR) is 97.3 cm³/mol. The molecule has 5 nitrogen and oxygen atoms in total. The molecule has 0 unspecified atom stereocenters. The van der Waals surface area contributed by atoms with Crippen LogP contribution in [0.2, 0.25) is 0 Å². The molecule has 128 valence electrons. The Morgan fingerprint density at radius 3 is 2.56 bits per heavy atom. The van der Waals surface area contributed by atoms with E-state index in [0.717, 1.165) is 16.9 Å². The number of nitrogens with zero attached hydrogens (tertiary/aromatic N) is 2. The zero-order valence-electron chi connectivity index (χ0n) is 14.2. The number of aromatic nitrogens is 2. The van der Waals surface area contributed by atoms with Crippen LogP contribution in [-0.4, -0.2) is 22.6 Å². The number of imidazole rings is 1. The highest BCUT2D eigenvalue weighted by atomic mass is 16.5. The van der Waals surface area contributed by atoms with Crippen molar-refractivity contribution in [3.8, 4) is 0 Å². The van der Waals surface area contributed by atoms with Gasteiger partial charge in [0.15, 0.2) is 0 Å². The third-order valence-electron chi connectivity index (χ3n) is 3.88. The van der Waals surface area contributed by atoms with Crippen molar-refractivity contribution < 1.29 is 9.53 Å². The minimum atomic E-state index is -0.0608. The first-order valence-electron chi connectivity index (χ1n) is 8.15. The summed E-state index contributed by atoms with van der Waals surface area (Å²) in [5, 5.41) is 2.92. The summed E-state index contributed by atoms with van der Waals surface area (Å²) in [5.41, 5.74) is 3.91. The predicted octanol–water partition coefficient (Wildman–Crippen LogP) is 3.26. The molecule has 0 saturated carbocycles. The van der Waals surface area contributed by atoms with Crippen molar-refractivity contribution in [1.82, 2.24) is 9.55 Å². The number of carbonyl (C=O) groups is 1. The summed E-state index contributed by atoms with van der Waals surface area (Å²) < 4.78 is 7.08. The van der Waals surface area contributed by atoms with Gasteiger partial charge in [-0.2, -0.15) is 0 Å². The smallest absolute Gasteiger partial charge is 0.230 e. The van der Waals surface area contributed by atoms with Crippen LogP contribution in [-0.2, 0) is 29.1 Å². The number of hydrogen-bond donors (Lipinski definition) is 1. The standard InChI is InChI=1S/C20H21N3O2/c1-25-14-17-7-9-18(10-8-17)22-20(24)11-19-12-21-15-23(19)13-16-5-3-2-4-6-16/h2-10,12,15H,11,13-14H2,1H3,(H,22,24). The van der Waals surface area contributed by atoms with Gasteiger partial charge < -0.3 is 14.6 Å². The average molecular weight is 335 g/mol. The van der Waals surface area contributed by atoms with Crippen LogP contribution in [0.15, 0.2) is 67.1 Å². The molecular formula is C20H21N3O2. The summed E-state index contributed by atoms with van der Waals surface area (Å²) in [5.74, 6) is -0.0608. The fourth-order valence-electron chi connectivity index (χ4n) is 2.64. The average Bonchev–Trinajstić information content (AvgIpc) is 3.04. The van der Waals surface area contributed by atoms with Crippen molar-refractivity contribution in [1.29, 1.82) is 0 Å². The topological polar surface area (TPSA) is 56.1 Å². The summed E-state index contributed by atoms with van der Waals surface area (Å²) in [4.78, 5) is 16.5. The van der Waals surface area contributed by atoms with Gasteiger partial charge >= 0.3 is 0 Å². The summed E-state index contributed by atoms with van der Waals surface area (Å²) >= 11 is 0. The van der Waals surface area contributed by atoms with Gasteiger partial charge in [0.2, 0.25) is 5.91 Å². The first-order chi connectivity index (χ1) is 12.2. The van der Waals surface area contributed by atoms with E-state index in [4.69, 9.17) is 4.74 Å². The van der Waals surface area contributed by atoms with Crippen molar-refractivity contribution in [3.05, 3.63) is 83.9 Å². The van der Waals surface area contributed by atoms with Gasteiger partial charge in [0.1, 0.15) is 0 Å². The monoisotopic (exact) mass is 335 g/mol. The van der Waals surface area contributed by atoms with E-state index in [1.54, 1.807) is 19.6 Å². The van der Waals surface area contributed by atoms with E-state index in [2.05, 4.69) is 22.4 Å². The van der Waals surface area contributed by atoms with Crippen molar-refractivity contribution in [3.63, 3.8) is 0 Å². The Hall–Kier alpha value is -2.92. The first-order valence-corrected chi connectivity index (χ1v) is 8.15. The number of nitrogens with one attached hydrogen (secondary N) is 1. The molecule has 0 aliphatic rings. The van der Waals surface area contributed by atoms with E-state index in [0.29, 0.717) is 13.2 Å². The van der Waals surface area contributed by atoms with E-state index in [9.17, 15) is 4.79 Å². The SMILES string of the molecule is COCc1ccc(NC(=O)Cc2cncn2Cc2ccccc2)cc1. The van der Waals surface area contributed by atoms with Crippen molar-refractivity contribution in [2.75, 3.05) is 12.4 Å². The molecule has 3 rings (SSSR count). The minimum absolute atomic E-state index is 0.0608. The molecule has 0 spiro atoms. The van der Waals surface area contributed by atoms with Crippen molar-refractivity contribution in [2.45, 2.75) is 19.6 Å². The van der Waals surface area contributed by atoms with Crippen LogP contribution in [0.4, 0.5) is 5.69 Å². The Morgan fingerprint density at radius 1 is 1.08 bits per heavy atom. The molecule has 0 aliphatic carbocycles. The van der Waals surface area contributed by atoms with Gasteiger partial charge in [0.05, 0.1) is 19.4 Å². The van der Waals surface area contributed by atoms with Crippen LogP contribution < -0.4 is 5.32 Å². The summed E-state index contributed by atoms with van der Waals surface area (Å²) in [7, 11) is 1.66. The third kappa shape index (κ3) is 4.78. The number of anilines is 1. The molecule has 1 N–H and O–H groups in total. The highest BCUT2D eigenvalue weighted by molar-refractivity contribution is 5.92. The Kier molecular flexibility index (Phi) is 5.59. The number of methoxy groups -OCH3 is 1. The van der Waals surface area contributed by atoms with Gasteiger partial charge in [-0.05, 0) is 23.3 Å². The lowest BCUT2D eigenvalue weighted by Crippen LogP contribution is -2.17. The number of amides is 1. The van der Waals surface area contributed by atoms with Crippen LogP contribution in [0, 0.1) is 0 Å². The van der Waals surface area contributed by atoms with Crippen LogP contribution in [0.5, 0.6) is 0 Å². The molecule has 3 aromatic rings. The number of hydrogen-bond acceptors (Lipinski definition) is 3. The Bertz CT molecular complexity index is 810. The van der Waals surface area contributed by atoms with E-state index in [1.807, 2.05) is 47.0 Å². The third-order valence-corrected chi connectivity index (χ3v) is 3.88. The number of rotatable bonds is 7. The van der Waals surface area contributed by atoms with E-state index in [-0.39, 0.29) is 12.3 Å². The first kappa shape index (κ1) is 16.9. The van der Waals surface area contributed by atoms with Gasteiger partial charge in [0, 0.05) is 31.2 Å². The Balaban J connectivity index is 1.61. The normalized spacial score (nSPS) is 10.6. The molecule has 0 radical (unpaired) electrons. The molecule has 2 aromatic carbocycles. The molecule has 0 atom stereocenters. The lowest BCUT2D eigenvalue weighted by Gasteiger charge is -2.09. The van der Waals surface area contributed by atoms with E-state index >= 15 is 0 Å². The minimum Gasteiger partial charge on any atom is -0.380 e. The maximum atomic E-state index is 12.3. The Morgan fingerprint density at radius 2 is 1.84 bits per heavy atom. The second-order valence-corrected chi connectivity index (χ2v) is 5.85. The van der Waals surface area contributed by atoms with Crippen LogP contribution in [0.1, 0.15) is 16.8 Å². The van der Waals surface area contributed by atoms with Crippen molar-refractivity contribution in [2.24, 2.45) is 0 Å². The van der Waals surface area contributed by atoms with Crippen LogP contribution in [0.3, 0.4) is 0 Å². The second kappa shape index (κ2) is 8.26. The number of ether oxygens (including phenoxy) is 1. The van der Waals surface area contributed by atoms with Crippen molar-refractivity contribution >= 4 is 11.6 Å². The largest absolute Gasteiger partial charge is 0.380 e. The summed E-state index contributed by atoms with van der Waals surface area (Å²) in [6.45, 7) is 1.27. The van der Waals surface area contributed by atoms with Gasteiger partial charge in [-0.25, -0.2) is 4.98 Å². The fraction of sp³-hybridized carbons (Fsp3) is 0.200. The van der Waals surface area contributed by atoms with Gasteiger partial charge in [-0.15, -0.1) is 0 Å².